The Bertz CT molecular complexity index is 1270. The monoisotopic (exact) mass is 446 g/mol. The Morgan fingerprint density at radius 3 is 2.81 bits per heavy atom. The molecule has 0 aliphatic carbocycles. The van der Waals surface area contributed by atoms with Crippen molar-refractivity contribution in [2.24, 2.45) is 0 Å². The summed E-state index contributed by atoms with van der Waals surface area (Å²) in [4.78, 5) is 18.7. The summed E-state index contributed by atoms with van der Waals surface area (Å²) in [6.07, 6.45) is 4.04. The topological polar surface area (TPSA) is 60.5 Å². The van der Waals surface area contributed by atoms with E-state index in [-0.39, 0.29) is 12.0 Å². The van der Waals surface area contributed by atoms with Gasteiger partial charge < -0.3 is 14.8 Å². The Hall–Kier alpha value is -2.96. The van der Waals surface area contributed by atoms with Crippen LogP contribution in [0.3, 0.4) is 0 Å². The molecule has 1 N–H and O–H groups in total. The molecule has 4 aromatic rings. The zero-order valence-electron chi connectivity index (χ0n) is 18.3. The van der Waals surface area contributed by atoms with E-state index < -0.39 is 0 Å². The van der Waals surface area contributed by atoms with Crippen molar-refractivity contribution in [3.05, 3.63) is 59.1 Å². The van der Waals surface area contributed by atoms with Crippen molar-refractivity contribution in [3.8, 4) is 16.9 Å². The number of amides is 1. The second kappa shape index (κ2) is 8.88. The van der Waals surface area contributed by atoms with Crippen LogP contribution in [-0.2, 0) is 4.74 Å². The molecule has 1 aliphatic rings. The summed E-state index contributed by atoms with van der Waals surface area (Å²) < 4.78 is 12.5. The van der Waals surface area contributed by atoms with Gasteiger partial charge in [-0.15, -0.1) is 11.3 Å². The lowest BCUT2D eigenvalue weighted by atomic mass is 10.0. The molecule has 1 atom stereocenters. The molecule has 32 heavy (non-hydrogen) atoms. The predicted molar refractivity (Wildman–Crippen MR) is 130 cm³/mol. The molecule has 1 amide bonds. The van der Waals surface area contributed by atoms with Crippen LogP contribution < -0.4 is 10.1 Å². The fourth-order valence-electron chi connectivity index (χ4n) is 4.23. The van der Waals surface area contributed by atoms with E-state index in [2.05, 4.69) is 36.5 Å². The van der Waals surface area contributed by atoms with E-state index >= 15 is 0 Å². The number of benzene rings is 2. The molecule has 1 aliphatic heterocycles. The van der Waals surface area contributed by atoms with Crippen molar-refractivity contribution in [2.75, 3.05) is 19.8 Å². The van der Waals surface area contributed by atoms with E-state index in [1.54, 1.807) is 0 Å². The van der Waals surface area contributed by atoms with Crippen LogP contribution in [0.2, 0.25) is 0 Å². The van der Waals surface area contributed by atoms with Crippen LogP contribution in [0.4, 0.5) is 0 Å². The summed E-state index contributed by atoms with van der Waals surface area (Å²) >= 11 is 1.52. The summed E-state index contributed by atoms with van der Waals surface area (Å²) in [5.74, 6) is 0.746. The number of carbonyl (C=O) groups is 1. The second-order valence-electron chi connectivity index (χ2n) is 8.13. The highest BCUT2D eigenvalue weighted by Crippen LogP contribution is 2.42. The Labute approximate surface area is 191 Å². The van der Waals surface area contributed by atoms with E-state index in [1.165, 1.54) is 16.9 Å². The minimum atomic E-state index is -0.0635. The first-order chi connectivity index (χ1) is 15.6. The maximum Gasteiger partial charge on any atom is 0.262 e. The molecule has 0 spiro atoms. The maximum absolute atomic E-state index is 13.3. The number of nitrogens with one attached hydrogen (secondary N) is 1. The van der Waals surface area contributed by atoms with Gasteiger partial charge in [0, 0.05) is 40.4 Å². The third kappa shape index (κ3) is 3.96. The summed E-state index contributed by atoms with van der Waals surface area (Å²) in [5.41, 5.74) is 4.03. The quantitative estimate of drug-likeness (QED) is 0.411. The fraction of sp³-hybridized carbons (Fsp3) is 0.308. The van der Waals surface area contributed by atoms with Crippen molar-refractivity contribution in [1.29, 1.82) is 0 Å². The number of rotatable bonds is 6. The molecule has 6 heteroatoms. The fourth-order valence-corrected chi connectivity index (χ4v) is 5.46. The van der Waals surface area contributed by atoms with E-state index in [1.807, 2.05) is 31.3 Å². The largest absolute Gasteiger partial charge is 0.494 e. The van der Waals surface area contributed by atoms with Crippen LogP contribution in [0.15, 0.2) is 48.7 Å². The molecular formula is C26H26N2O3S. The first-order valence-corrected chi connectivity index (χ1v) is 11.9. The lowest BCUT2D eigenvalue weighted by Crippen LogP contribution is -2.31. The van der Waals surface area contributed by atoms with E-state index in [4.69, 9.17) is 14.5 Å². The van der Waals surface area contributed by atoms with E-state index in [0.717, 1.165) is 57.3 Å². The summed E-state index contributed by atoms with van der Waals surface area (Å²) in [5, 5.41) is 5.10. The maximum atomic E-state index is 13.3. The molecule has 5 nitrogen and oxygen atoms in total. The Kier molecular flexibility index (Phi) is 5.81. The number of aryl methyl sites for hydroxylation is 1. The second-order valence-corrected chi connectivity index (χ2v) is 9.15. The van der Waals surface area contributed by atoms with Gasteiger partial charge >= 0.3 is 0 Å². The third-order valence-electron chi connectivity index (χ3n) is 5.86. The van der Waals surface area contributed by atoms with Crippen LogP contribution in [0.1, 0.15) is 35.0 Å². The normalized spacial score (nSPS) is 16.0. The number of pyridine rings is 1. The molecule has 5 rings (SSSR count). The average molecular weight is 447 g/mol. The smallest absolute Gasteiger partial charge is 0.262 e. The first-order valence-electron chi connectivity index (χ1n) is 11.1. The number of fused-ring (bicyclic) bond motifs is 3. The van der Waals surface area contributed by atoms with Crippen molar-refractivity contribution in [3.63, 3.8) is 0 Å². The van der Waals surface area contributed by atoms with Gasteiger partial charge in [0.1, 0.15) is 10.6 Å². The zero-order valence-corrected chi connectivity index (χ0v) is 19.1. The van der Waals surface area contributed by atoms with Crippen LogP contribution in [0.25, 0.3) is 32.1 Å². The number of nitrogens with zero attached hydrogens (tertiary/aromatic N) is 1. The van der Waals surface area contributed by atoms with Crippen LogP contribution in [0.5, 0.6) is 5.75 Å². The lowest BCUT2D eigenvalue weighted by molar-refractivity contribution is 0.0861. The number of hydrogen-bond acceptors (Lipinski definition) is 5. The van der Waals surface area contributed by atoms with Crippen LogP contribution in [0, 0.1) is 6.92 Å². The Balaban J connectivity index is 1.64. The minimum absolute atomic E-state index is 0.0635. The average Bonchev–Trinajstić information content (AvgIpc) is 3.46. The van der Waals surface area contributed by atoms with Gasteiger partial charge in [0.25, 0.3) is 5.91 Å². The van der Waals surface area contributed by atoms with Crippen molar-refractivity contribution in [1.82, 2.24) is 10.3 Å². The summed E-state index contributed by atoms with van der Waals surface area (Å²) in [7, 11) is 0. The van der Waals surface area contributed by atoms with Crippen molar-refractivity contribution < 1.29 is 14.3 Å². The Morgan fingerprint density at radius 2 is 2.06 bits per heavy atom. The highest BCUT2D eigenvalue weighted by atomic mass is 32.1. The molecule has 2 aromatic carbocycles. The molecule has 164 valence electrons. The number of carbonyl (C=O) groups excluding carboxylic acids is 1. The third-order valence-corrected chi connectivity index (χ3v) is 7.10. The summed E-state index contributed by atoms with van der Waals surface area (Å²) in [6.45, 7) is 5.95. The first kappa shape index (κ1) is 20.9. The van der Waals surface area contributed by atoms with Crippen LogP contribution >= 0.6 is 11.3 Å². The standard InChI is InChI=1S/C26H26N2O3S/c1-3-30-18-10-11-22-20(13-18)24-21(15-27-22)23(17-8-6-16(2)7-9-17)25(32-24)26(29)28-14-19-5-4-12-31-19/h6-11,13,15,19H,3-5,12,14H2,1-2H3,(H,28,29)/t19-/m0/s1. The van der Waals surface area contributed by atoms with Gasteiger partial charge in [-0.2, -0.15) is 0 Å². The molecule has 0 radical (unpaired) electrons. The van der Waals surface area contributed by atoms with Gasteiger partial charge in [0.2, 0.25) is 0 Å². The highest BCUT2D eigenvalue weighted by molar-refractivity contribution is 7.22. The molecule has 1 saturated heterocycles. The molecule has 3 heterocycles. The van der Waals surface area contributed by atoms with Gasteiger partial charge in [-0.1, -0.05) is 29.8 Å². The molecular weight excluding hydrogens is 420 g/mol. The van der Waals surface area contributed by atoms with E-state index in [9.17, 15) is 4.79 Å². The Morgan fingerprint density at radius 1 is 1.22 bits per heavy atom. The van der Waals surface area contributed by atoms with Crippen molar-refractivity contribution in [2.45, 2.75) is 32.8 Å². The van der Waals surface area contributed by atoms with Gasteiger partial charge in [-0.3, -0.25) is 9.78 Å². The van der Waals surface area contributed by atoms with Gasteiger partial charge in [-0.05, 0) is 50.5 Å². The lowest BCUT2D eigenvalue weighted by Gasteiger charge is -2.11. The molecule has 0 unspecified atom stereocenters. The molecule has 1 fully saturated rings. The number of thiophene rings is 1. The molecule has 0 bridgehead atoms. The molecule has 0 saturated carbocycles. The van der Waals surface area contributed by atoms with Gasteiger partial charge in [0.15, 0.2) is 0 Å². The minimum Gasteiger partial charge on any atom is -0.494 e. The number of ether oxygens (including phenoxy) is 2. The predicted octanol–water partition coefficient (Wildman–Crippen LogP) is 5.73. The number of aromatic nitrogens is 1. The summed E-state index contributed by atoms with van der Waals surface area (Å²) in [6, 6.07) is 14.3. The van der Waals surface area contributed by atoms with Crippen molar-refractivity contribution >= 4 is 38.2 Å². The number of hydrogen-bond donors (Lipinski definition) is 1. The molecule has 2 aromatic heterocycles. The van der Waals surface area contributed by atoms with E-state index in [0.29, 0.717) is 18.0 Å². The van der Waals surface area contributed by atoms with Crippen LogP contribution in [-0.4, -0.2) is 36.8 Å². The van der Waals surface area contributed by atoms with Gasteiger partial charge in [0.05, 0.1) is 18.2 Å². The SMILES string of the molecule is CCOc1ccc2ncc3c(-c4ccc(C)cc4)c(C(=O)NC[C@@H]4CCCO4)sc3c2c1. The highest BCUT2D eigenvalue weighted by Gasteiger charge is 2.23. The zero-order chi connectivity index (χ0) is 22.1. The van der Waals surface area contributed by atoms with Gasteiger partial charge in [-0.25, -0.2) is 0 Å².